The summed E-state index contributed by atoms with van der Waals surface area (Å²) in [4.78, 5) is 11.1. The summed E-state index contributed by atoms with van der Waals surface area (Å²) in [6.07, 6.45) is -0.436. The molecule has 0 atom stereocenters. The van der Waals surface area contributed by atoms with Crippen LogP contribution in [0.3, 0.4) is 0 Å². The lowest BCUT2D eigenvalue weighted by Gasteiger charge is -2.08. The molecule has 13 heavy (non-hydrogen) atoms. The average Bonchev–Trinajstić information content (AvgIpc) is 2.04. The highest BCUT2D eigenvalue weighted by Crippen LogP contribution is 2.07. The van der Waals surface area contributed by atoms with Gasteiger partial charge in [0.25, 0.3) is 0 Å². The molecule has 3 nitrogen and oxygen atoms in total. The Morgan fingerprint density at radius 2 is 2.38 bits per heavy atom. The molecule has 1 aromatic carbocycles. The number of nitrogens with one attached hydrogen (secondary N) is 1. The van der Waals surface area contributed by atoms with Crippen LogP contribution in [0.1, 0.15) is 13.8 Å². The lowest BCUT2D eigenvalue weighted by atomic mass is 10.3. The third kappa shape index (κ3) is 3.60. The van der Waals surface area contributed by atoms with Gasteiger partial charge in [0, 0.05) is 6.04 Å². The second kappa shape index (κ2) is 4.50. The van der Waals surface area contributed by atoms with Crippen LogP contribution in [0.5, 0.6) is 5.75 Å². The molecule has 1 radical (unpaired) electrons. The molecule has 1 rings (SSSR count). The lowest BCUT2D eigenvalue weighted by Crippen LogP contribution is -2.32. The van der Waals surface area contributed by atoms with Crippen molar-refractivity contribution in [2.24, 2.45) is 0 Å². The number of carbonyl (C=O) groups excluding carboxylic acids is 1. The second-order valence-corrected chi connectivity index (χ2v) is 2.93. The van der Waals surface area contributed by atoms with Gasteiger partial charge in [-0.15, -0.1) is 0 Å². The molecule has 0 aromatic heterocycles. The van der Waals surface area contributed by atoms with Crippen molar-refractivity contribution < 1.29 is 9.53 Å². The first-order valence-electron chi connectivity index (χ1n) is 4.13. The molecule has 0 unspecified atom stereocenters. The van der Waals surface area contributed by atoms with Crippen LogP contribution in [0, 0.1) is 6.07 Å². The van der Waals surface area contributed by atoms with Gasteiger partial charge in [0.1, 0.15) is 5.75 Å². The smallest absolute Gasteiger partial charge is 0.410 e. The minimum atomic E-state index is -0.436. The summed E-state index contributed by atoms with van der Waals surface area (Å²) < 4.78 is 4.94. The number of carbonyl (C=O) groups is 1. The predicted molar refractivity (Wildman–Crippen MR) is 49.6 cm³/mol. The van der Waals surface area contributed by atoms with Crippen LogP contribution in [0.2, 0.25) is 0 Å². The van der Waals surface area contributed by atoms with E-state index >= 15 is 0 Å². The molecule has 0 saturated heterocycles. The molecule has 1 N–H and O–H groups in total. The van der Waals surface area contributed by atoms with Crippen LogP contribution >= 0.6 is 0 Å². The van der Waals surface area contributed by atoms with E-state index in [1.54, 1.807) is 24.3 Å². The summed E-state index contributed by atoms with van der Waals surface area (Å²) in [6.45, 7) is 3.75. The molecule has 0 aliphatic rings. The zero-order valence-corrected chi connectivity index (χ0v) is 7.70. The van der Waals surface area contributed by atoms with Crippen molar-refractivity contribution in [3.63, 3.8) is 0 Å². The van der Waals surface area contributed by atoms with Crippen molar-refractivity contribution >= 4 is 6.09 Å². The van der Waals surface area contributed by atoms with Gasteiger partial charge in [0.05, 0.1) is 0 Å². The predicted octanol–water partition coefficient (Wildman–Crippen LogP) is 1.98. The van der Waals surface area contributed by atoms with E-state index in [0.29, 0.717) is 5.75 Å². The zero-order chi connectivity index (χ0) is 9.68. The van der Waals surface area contributed by atoms with Crippen LogP contribution in [0.15, 0.2) is 24.3 Å². The van der Waals surface area contributed by atoms with Crippen molar-refractivity contribution in [3.05, 3.63) is 30.3 Å². The Kier molecular flexibility index (Phi) is 3.31. The Balaban J connectivity index is 2.46. The first-order valence-corrected chi connectivity index (χ1v) is 4.13. The SMILES string of the molecule is CC(C)NC(=O)Oc1c[c]ccc1. The Morgan fingerprint density at radius 3 is 2.92 bits per heavy atom. The topological polar surface area (TPSA) is 38.3 Å². The van der Waals surface area contributed by atoms with E-state index in [4.69, 9.17) is 4.74 Å². The minimum Gasteiger partial charge on any atom is -0.410 e. The fourth-order valence-corrected chi connectivity index (χ4v) is 0.813. The van der Waals surface area contributed by atoms with Crippen molar-refractivity contribution in [2.75, 3.05) is 0 Å². The lowest BCUT2D eigenvalue weighted by molar-refractivity contribution is 0.197. The van der Waals surface area contributed by atoms with Crippen molar-refractivity contribution in [2.45, 2.75) is 19.9 Å². The molecule has 0 aliphatic heterocycles. The van der Waals surface area contributed by atoms with Crippen molar-refractivity contribution in [3.8, 4) is 5.75 Å². The number of rotatable bonds is 2. The van der Waals surface area contributed by atoms with E-state index in [9.17, 15) is 4.79 Å². The van der Waals surface area contributed by atoms with E-state index in [1.807, 2.05) is 13.8 Å². The van der Waals surface area contributed by atoms with E-state index < -0.39 is 6.09 Å². The third-order valence-corrected chi connectivity index (χ3v) is 1.30. The zero-order valence-electron chi connectivity index (χ0n) is 7.70. The van der Waals surface area contributed by atoms with Gasteiger partial charge in [-0.2, -0.15) is 0 Å². The standard InChI is InChI=1S/C10H12NO2/c1-8(2)11-10(12)13-9-6-4-3-5-7-9/h3-4,6-8H,1-2H3,(H,11,12). The molecule has 0 heterocycles. The second-order valence-electron chi connectivity index (χ2n) is 2.93. The Labute approximate surface area is 77.7 Å². The van der Waals surface area contributed by atoms with E-state index in [1.165, 1.54) is 0 Å². The molecule has 3 heteroatoms. The molecule has 1 aromatic rings. The molecular weight excluding hydrogens is 166 g/mol. The summed E-state index contributed by atoms with van der Waals surface area (Å²) in [7, 11) is 0. The first-order chi connectivity index (χ1) is 6.18. The minimum absolute atomic E-state index is 0.0835. The number of hydrogen-bond donors (Lipinski definition) is 1. The van der Waals surface area contributed by atoms with Gasteiger partial charge in [0.2, 0.25) is 0 Å². The van der Waals surface area contributed by atoms with Crippen LogP contribution < -0.4 is 10.1 Å². The maximum absolute atomic E-state index is 11.1. The monoisotopic (exact) mass is 178 g/mol. The fourth-order valence-electron chi connectivity index (χ4n) is 0.813. The van der Waals surface area contributed by atoms with Gasteiger partial charge in [0.15, 0.2) is 0 Å². The number of amides is 1. The molecule has 0 saturated carbocycles. The maximum Gasteiger partial charge on any atom is 0.412 e. The van der Waals surface area contributed by atoms with E-state index in [2.05, 4.69) is 11.4 Å². The largest absolute Gasteiger partial charge is 0.412 e. The number of hydrogen-bond acceptors (Lipinski definition) is 2. The molecule has 69 valence electrons. The molecular formula is C10H12NO2. The number of benzene rings is 1. The molecule has 0 spiro atoms. The Hall–Kier alpha value is -1.51. The van der Waals surface area contributed by atoms with Crippen LogP contribution in [-0.2, 0) is 0 Å². The van der Waals surface area contributed by atoms with Gasteiger partial charge >= 0.3 is 6.09 Å². The van der Waals surface area contributed by atoms with Gasteiger partial charge in [-0.3, -0.25) is 0 Å². The average molecular weight is 178 g/mol. The fraction of sp³-hybridized carbons (Fsp3) is 0.300. The quantitative estimate of drug-likeness (QED) is 0.752. The summed E-state index contributed by atoms with van der Waals surface area (Å²) in [6, 6.07) is 9.72. The maximum atomic E-state index is 11.1. The normalized spacial score (nSPS) is 9.77. The molecule has 0 fully saturated rings. The van der Waals surface area contributed by atoms with Gasteiger partial charge < -0.3 is 10.1 Å². The van der Waals surface area contributed by atoms with Gasteiger partial charge in [-0.25, -0.2) is 4.79 Å². The van der Waals surface area contributed by atoms with E-state index in [-0.39, 0.29) is 6.04 Å². The van der Waals surface area contributed by atoms with Crippen molar-refractivity contribution in [1.29, 1.82) is 0 Å². The first kappa shape index (κ1) is 9.58. The number of ether oxygens (including phenoxy) is 1. The summed E-state index contributed by atoms with van der Waals surface area (Å²) in [5, 5.41) is 2.62. The van der Waals surface area contributed by atoms with Crippen LogP contribution in [0.4, 0.5) is 4.79 Å². The molecule has 0 bridgehead atoms. The Bertz CT molecular complexity index is 270. The van der Waals surface area contributed by atoms with Crippen LogP contribution in [0.25, 0.3) is 0 Å². The highest BCUT2D eigenvalue weighted by atomic mass is 16.6. The highest BCUT2D eigenvalue weighted by Gasteiger charge is 2.04. The van der Waals surface area contributed by atoms with Gasteiger partial charge in [-0.1, -0.05) is 12.1 Å². The van der Waals surface area contributed by atoms with E-state index in [0.717, 1.165) is 0 Å². The summed E-state index contributed by atoms with van der Waals surface area (Å²) >= 11 is 0. The summed E-state index contributed by atoms with van der Waals surface area (Å²) in [5.74, 6) is 0.501. The summed E-state index contributed by atoms with van der Waals surface area (Å²) in [5.41, 5.74) is 0. The molecule has 0 aliphatic carbocycles. The highest BCUT2D eigenvalue weighted by molar-refractivity contribution is 5.70. The van der Waals surface area contributed by atoms with Crippen molar-refractivity contribution in [1.82, 2.24) is 5.32 Å². The third-order valence-electron chi connectivity index (χ3n) is 1.30. The van der Waals surface area contributed by atoms with Crippen LogP contribution in [-0.4, -0.2) is 12.1 Å². The van der Waals surface area contributed by atoms with Gasteiger partial charge in [-0.05, 0) is 32.0 Å². The molecule has 1 amide bonds. The Morgan fingerprint density at radius 1 is 1.62 bits per heavy atom.